The number of amides is 2. The van der Waals surface area contributed by atoms with Crippen LogP contribution >= 0.6 is 0 Å². The zero-order valence-electron chi connectivity index (χ0n) is 16.4. The lowest BCUT2D eigenvalue weighted by atomic mass is 10.2. The average Bonchev–Trinajstić information content (AvgIpc) is 3.34. The van der Waals surface area contributed by atoms with E-state index in [1.54, 1.807) is 36.4 Å². The minimum absolute atomic E-state index is 0.0763. The third-order valence-electron chi connectivity index (χ3n) is 5.28. The second-order valence-corrected chi connectivity index (χ2v) is 7.37. The number of carbonyl (C=O) groups excluding carboxylic acids is 2. The molecule has 0 bridgehead atoms. The molecule has 1 saturated heterocycles. The number of imide groups is 1. The van der Waals surface area contributed by atoms with Gasteiger partial charge in [0.15, 0.2) is 5.58 Å². The van der Waals surface area contributed by atoms with Crippen molar-refractivity contribution in [3.63, 3.8) is 0 Å². The maximum atomic E-state index is 13.0. The van der Waals surface area contributed by atoms with E-state index < -0.39 is 6.04 Å². The van der Waals surface area contributed by atoms with Gasteiger partial charge in [0.05, 0.1) is 18.2 Å². The molecule has 1 aliphatic rings. The predicted octanol–water partition coefficient (Wildman–Crippen LogP) is 4.06. The summed E-state index contributed by atoms with van der Waals surface area (Å²) in [7, 11) is 0. The molecule has 2 amide bonds. The van der Waals surface area contributed by atoms with Gasteiger partial charge in [0, 0.05) is 12.1 Å². The molecular weight excluding hydrogens is 397 g/mol. The van der Waals surface area contributed by atoms with Crippen molar-refractivity contribution in [2.24, 2.45) is 0 Å². The van der Waals surface area contributed by atoms with Gasteiger partial charge >= 0.3 is 0 Å². The van der Waals surface area contributed by atoms with Gasteiger partial charge in [-0.2, -0.15) is 0 Å². The van der Waals surface area contributed by atoms with Crippen LogP contribution in [0.5, 0.6) is 0 Å². The van der Waals surface area contributed by atoms with Crippen molar-refractivity contribution in [3.8, 4) is 11.5 Å². The van der Waals surface area contributed by atoms with Crippen molar-refractivity contribution in [1.82, 2.24) is 10.3 Å². The highest BCUT2D eigenvalue weighted by atomic mass is 19.1. The van der Waals surface area contributed by atoms with E-state index in [2.05, 4.69) is 10.3 Å². The van der Waals surface area contributed by atoms with Crippen molar-refractivity contribution in [1.29, 1.82) is 0 Å². The van der Waals surface area contributed by atoms with Gasteiger partial charge in [0.25, 0.3) is 5.91 Å². The standard InChI is InChI=1S/C24H18FN3O3/c25-17-9-5-15(6-10-17)14-26-20-13-22(29)28(24(20)30)18-11-7-16(8-12-18)23-27-19-3-1-2-4-21(19)31-23/h1-12,20,26H,13-14H2. The highest BCUT2D eigenvalue weighted by molar-refractivity contribution is 6.22. The highest BCUT2D eigenvalue weighted by Crippen LogP contribution is 2.28. The van der Waals surface area contributed by atoms with Crippen LogP contribution in [0, 0.1) is 5.82 Å². The van der Waals surface area contributed by atoms with E-state index in [0.717, 1.165) is 16.6 Å². The monoisotopic (exact) mass is 415 g/mol. The number of anilines is 1. The fourth-order valence-corrected chi connectivity index (χ4v) is 3.65. The van der Waals surface area contributed by atoms with Crippen LogP contribution in [0.4, 0.5) is 10.1 Å². The first-order valence-corrected chi connectivity index (χ1v) is 9.89. The number of nitrogens with zero attached hydrogens (tertiary/aromatic N) is 2. The molecule has 154 valence electrons. The predicted molar refractivity (Wildman–Crippen MR) is 114 cm³/mol. The molecule has 1 fully saturated rings. The number of carbonyl (C=O) groups is 2. The smallest absolute Gasteiger partial charge is 0.251 e. The summed E-state index contributed by atoms with van der Waals surface area (Å²) in [6.07, 6.45) is 0.0763. The van der Waals surface area contributed by atoms with Gasteiger partial charge in [-0.1, -0.05) is 24.3 Å². The lowest BCUT2D eigenvalue weighted by Crippen LogP contribution is -2.38. The number of hydrogen-bond donors (Lipinski definition) is 1. The summed E-state index contributed by atoms with van der Waals surface area (Å²) in [5, 5.41) is 3.09. The minimum Gasteiger partial charge on any atom is -0.436 e. The number of hydrogen-bond acceptors (Lipinski definition) is 5. The fraction of sp³-hybridized carbons (Fsp3) is 0.125. The van der Waals surface area contributed by atoms with Gasteiger partial charge in [0.2, 0.25) is 11.8 Å². The summed E-state index contributed by atoms with van der Waals surface area (Å²) in [5.41, 5.74) is 3.55. The normalized spacial score (nSPS) is 16.4. The average molecular weight is 415 g/mol. The Labute approximate surface area is 177 Å². The van der Waals surface area contributed by atoms with Crippen molar-refractivity contribution in [3.05, 3.63) is 84.2 Å². The van der Waals surface area contributed by atoms with Crippen LogP contribution in [0.3, 0.4) is 0 Å². The summed E-state index contributed by atoms with van der Waals surface area (Å²) in [4.78, 5) is 31.0. The number of nitrogens with one attached hydrogen (secondary N) is 1. The van der Waals surface area contributed by atoms with Gasteiger partial charge < -0.3 is 9.73 Å². The van der Waals surface area contributed by atoms with E-state index in [1.807, 2.05) is 24.3 Å². The van der Waals surface area contributed by atoms with Crippen LogP contribution in [0.25, 0.3) is 22.6 Å². The molecule has 5 rings (SSSR count). The first kappa shape index (κ1) is 19.1. The maximum absolute atomic E-state index is 13.0. The minimum atomic E-state index is -0.616. The molecule has 0 aliphatic carbocycles. The Bertz CT molecular complexity index is 1230. The van der Waals surface area contributed by atoms with Gasteiger partial charge in [-0.25, -0.2) is 14.3 Å². The molecule has 1 aliphatic heterocycles. The Morgan fingerprint density at radius 3 is 2.48 bits per heavy atom. The summed E-state index contributed by atoms with van der Waals surface area (Å²) in [6, 6.07) is 19.9. The van der Waals surface area contributed by atoms with Crippen molar-refractivity contribution >= 4 is 28.6 Å². The van der Waals surface area contributed by atoms with E-state index in [0.29, 0.717) is 23.7 Å². The maximum Gasteiger partial charge on any atom is 0.251 e. The third kappa shape index (κ3) is 3.71. The number of aromatic nitrogens is 1. The molecule has 0 saturated carbocycles. The zero-order valence-corrected chi connectivity index (χ0v) is 16.4. The Morgan fingerprint density at radius 1 is 1.00 bits per heavy atom. The Balaban J connectivity index is 1.30. The van der Waals surface area contributed by atoms with Gasteiger partial charge in [0.1, 0.15) is 11.3 Å². The molecule has 1 atom stereocenters. The Morgan fingerprint density at radius 2 is 1.74 bits per heavy atom. The molecule has 1 N–H and O–H groups in total. The molecule has 31 heavy (non-hydrogen) atoms. The van der Waals surface area contributed by atoms with Crippen molar-refractivity contribution in [2.75, 3.05) is 4.90 Å². The summed E-state index contributed by atoms with van der Waals surface area (Å²) >= 11 is 0. The third-order valence-corrected chi connectivity index (χ3v) is 5.28. The summed E-state index contributed by atoms with van der Waals surface area (Å²) < 4.78 is 18.8. The van der Waals surface area contributed by atoms with E-state index >= 15 is 0 Å². The first-order valence-electron chi connectivity index (χ1n) is 9.89. The van der Waals surface area contributed by atoms with Crippen LogP contribution in [-0.4, -0.2) is 22.8 Å². The number of benzene rings is 3. The molecule has 0 spiro atoms. The quantitative estimate of drug-likeness (QED) is 0.498. The topological polar surface area (TPSA) is 75.4 Å². The Kier molecular flexibility index (Phi) is 4.80. The molecule has 1 aromatic heterocycles. The molecule has 0 radical (unpaired) electrons. The lowest BCUT2D eigenvalue weighted by Gasteiger charge is -2.16. The van der Waals surface area contributed by atoms with Crippen LogP contribution in [0.1, 0.15) is 12.0 Å². The summed E-state index contributed by atoms with van der Waals surface area (Å²) in [5.74, 6) is -0.410. The van der Waals surface area contributed by atoms with Crippen LogP contribution < -0.4 is 10.2 Å². The van der Waals surface area contributed by atoms with E-state index in [1.165, 1.54) is 17.0 Å². The first-order chi connectivity index (χ1) is 15.1. The van der Waals surface area contributed by atoms with Crippen LogP contribution in [0.2, 0.25) is 0 Å². The van der Waals surface area contributed by atoms with Crippen LogP contribution in [0.15, 0.2) is 77.2 Å². The molecule has 6 nitrogen and oxygen atoms in total. The second-order valence-electron chi connectivity index (χ2n) is 7.37. The van der Waals surface area contributed by atoms with Crippen molar-refractivity contribution in [2.45, 2.75) is 19.0 Å². The molecule has 4 aromatic rings. The lowest BCUT2D eigenvalue weighted by molar-refractivity contribution is -0.121. The number of oxazole rings is 1. The molecule has 3 aromatic carbocycles. The molecular formula is C24H18FN3O3. The molecule has 1 unspecified atom stereocenters. The number of halogens is 1. The van der Waals surface area contributed by atoms with Gasteiger partial charge in [-0.15, -0.1) is 0 Å². The van der Waals surface area contributed by atoms with E-state index in [-0.39, 0.29) is 24.1 Å². The largest absolute Gasteiger partial charge is 0.436 e. The zero-order chi connectivity index (χ0) is 21.4. The summed E-state index contributed by atoms with van der Waals surface area (Å²) in [6.45, 7) is 0.370. The Hall–Kier alpha value is -3.84. The molecule has 7 heteroatoms. The molecule has 2 heterocycles. The second kappa shape index (κ2) is 7.77. The SMILES string of the molecule is O=C1CC(NCc2ccc(F)cc2)C(=O)N1c1ccc(-c2nc3ccccc3o2)cc1. The fourth-order valence-electron chi connectivity index (χ4n) is 3.65. The van der Waals surface area contributed by atoms with E-state index in [9.17, 15) is 14.0 Å². The van der Waals surface area contributed by atoms with Crippen LogP contribution in [-0.2, 0) is 16.1 Å². The van der Waals surface area contributed by atoms with Crippen molar-refractivity contribution < 1.29 is 18.4 Å². The number of para-hydroxylation sites is 2. The van der Waals surface area contributed by atoms with Gasteiger partial charge in [-0.05, 0) is 54.1 Å². The van der Waals surface area contributed by atoms with E-state index in [4.69, 9.17) is 4.42 Å². The number of rotatable bonds is 5. The highest BCUT2D eigenvalue weighted by Gasteiger charge is 2.39. The van der Waals surface area contributed by atoms with Gasteiger partial charge in [-0.3, -0.25) is 9.59 Å². The number of fused-ring (bicyclic) bond motifs is 1.